The highest BCUT2D eigenvalue weighted by atomic mass is 16.1. The first-order chi connectivity index (χ1) is 14.9. The Morgan fingerprint density at radius 2 is 1.81 bits per heavy atom. The number of hydrogen-bond acceptors (Lipinski definition) is 4. The smallest absolute Gasteiger partial charge is 0.275 e. The minimum atomic E-state index is -0.494. The SMILES string of the molecule is Cc1cccc(-c2[nH]n3c(=O)cc([C@@H](C)n4ncc5ccccc5c4=O)nc3c2C)c1. The van der Waals surface area contributed by atoms with E-state index in [1.165, 1.54) is 15.3 Å². The van der Waals surface area contributed by atoms with E-state index in [0.29, 0.717) is 16.7 Å². The maximum Gasteiger partial charge on any atom is 0.275 e. The van der Waals surface area contributed by atoms with Gasteiger partial charge in [0.25, 0.3) is 11.1 Å². The highest BCUT2D eigenvalue weighted by Crippen LogP contribution is 2.25. The van der Waals surface area contributed by atoms with Gasteiger partial charge in [-0.05, 0) is 32.9 Å². The van der Waals surface area contributed by atoms with Crippen molar-refractivity contribution in [3.8, 4) is 11.3 Å². The van der Waals surface area contributed by atoms with Gasteiger partial charge < -0.3 is 0 Å². The zero-order valence-electron chi connectivity index (χ0n) is 17.5. The summed E-state index contributed by atoms with van der Waals surface area (Å²) in [4.78, 5) is 30.6. The van der Waals surface area contributed by atoms with Crippen LogP contribution in [0.1, 0.15) is 29.8 Å². The van der Waals surface area contributed by atoms with Crippen LogP contribution in [-0.4, -0.2) is 24.4 Å². The van der Waals surface area contributed by atoms with E-state index in [-0.39, 0.29) is 11.1 Å². The zero-order chi connectivity index (χ0) is 21.7. The van der Waals surface area contributed by atoms with Crippen molar-refractivity contribution in [2.75, 3.05) is 0 Å². The molecule has 0 fully saturated rings. The largest absolute Gasteiger partial charge is 0.289 e. The summed E-state index contributed by atoms with van der Waals surface area (Å²) in [7, 11) is 0. The molecule has 0 aliphatic carbocycles. The van der Waals surface area contributed by atoms with Crippen LogP contribution in [-0.2, 0) is 0 Å². The highest BCUT2D eigenvalue weighted by Gasteiger charge is 2.19. The summed E-state index contributed by atoms with van der Waals surface area (Å²) in [6, 6.07) is 16.4. The minimum Gasteiger partial charge on any atom is -0.289 e. The highest BCUT2D eigenvalue weighted by molar-refractivity contribution is 5.80. The molecule has 3 heterocycles. The summed E-state index contributed by atoms with van der Waals surface area (Å²) in [5.41, 5.74) is 4.43. The van der Waals surface area contributed by atoms with Crippen molar-refractivity contribution in [2.45, 2.75) is 26.8 Å². The molecule has 0 saturated carbocycles. The van der Waals surface area contributed by atoms with Crippen LogP contribution in [0.15, 0.2) is 70.4 Å². The fourth-order valence-electron chi connectivity index (χ4n) is 3.97. The molecule has 2 aromatic carbocycles. The first-order valence-electron chi connectivity index (χ1n) is 10.1. The van der Waals surface area contributed by atoms with Crippen LogP contribution in [0, 0.1) is 13.8 Å². The van der Waals surface area contributed by atoms with Crippen LogP contribution in [0.3, 0.4) is 0 Å². The second kappa shape index (κ2) is 7.05. The normalized spacial score (nSPS) is 12.5. The van der Waals surface area contributed by atoms with Crippen molar-refractivity contribution in [1.29, 1.82) is 0 Å². The average molecular weight is 411 g/mol. The maximum atomic E-state index is 13.0. The first-order valence-corrected chi connectivity index (χ1v) is 10.1. The van der Waals surface area contributed by atoms with Crippen molar-refractivity contribution in [3.05, 3.63) is 98.3 Å². The number of aromatic nitrogens is 5. The summed E-state index contributed by atoms with van der Waals surface area (Å²) in [6.07, 6.45) is 1.66. The van der Waals surface area contributed by atoms with Crippen LogP contribution in [0.2, 0.25) is 0 Å². The molecule has 0 saturated heterocycles. The Balaban J connectivity index is 1.66. The molecule has 0 aliphatic heterocycles. The Morgan fingerprint density at radius 1 is 1.00 bits per heavy atom. The van der Waals surface area contributed by atoms with Gasteiger partial charge in [-0.25, -0.2) is 14.2 Å². The minimum absolute atomic E-state index is 0.209. The number of nitrogens with zero attached hydrogens (tertiary/aromatic N) is 4. The van der Waals surface area contributed by atoms with Crippen molar-refractivity contribution in [2.24, 2.45) is 0 Å². The van der Waals surface area contributed by atoms with Gasteiger partial charge >= 0.3 is 0 Å². The Bertz CT molecular complexity index is 1580. The molecule has 154 valence electrons. The number of aromatic amines is 1. The molecule has 31 heavy (non-hydrogen) atoms. The van der Waals surface area contributed by atoms with Gasteiger partial charge in [0, 0.05) is 22.6 Å². The van der Waals surface area contributed by atoms with Gasteiger partial charge in [0.15, 0.2) is 5.65 Å². The standard InChI is InChI=1S/C24H21N5O2/c1-14-7-6-9-17(11-14)22-15(2)23-26-20(12-21(30)29(23)27-22)16(3)28-24(31)19-10-5-4-8-18(19)13-25-28/h4-13,16,27H,1-3H3/t16-/m1/s1. The molecule has 7 heteroatoms. The number of H-pyrrole nitrogens is 1. The van der Waals surface area contributed by atoms with Gasteiger partial charge in [0.1, 0.15) is 0 Å². The summed E-state index contributed by atoms with van der Waals surface area (Å²) in [6.45, 7) is 5.79. The number of nitrogens with one attached hydrogen (secondary N) is 1. The van der Waals surface area contributed by atoms with E-state index < -0.39 is 6.04 Å². The predicted molar refractivity (Wildman–Crippen MR) is 121 cm³/mol. The summed E-state index contributed by atoms with van der Waals surface area (Å²) >= 11 is 0. The van der Waals surface area contributed by atoms with Crippen molar-refractivity contribution < 1.29 is 0 Å². The second-order valence-corrected chi connectivity index (χ2v) is 7.82. The first kappa shape index (κ1) is 19.0. The lowest BCUT2D eigenvalue weighted by Crippen LogP contribution is -2.28. The number of hydrogen-bond donors (Lipinski definition) is 1. The molecule has 5 rings (SSSR count). The van der Waals surface area contributed by atoms with Gasteiger partial charge in [0.2, 0.25) is 0 Å². The summed E-state index contributed by atoms with van der Waals surface area (Å²) in [5, 5.41) is 8.87. The molecule has 0 spiro atoms. The second-order valence-electron chi connectivity index (χ2n) is 7.82. The summed E-state index contributed by atoms with van der Waals surface area (Å²) < 4.78 is 2.82. The van der Waals surface area contributed by atoms with Crippen LogP contribution in [0.25, 0.3) is 27.7 Å². The molecule has 7 nitrogen and oxygen atoms in total. The Kier molecular flexibility index (Phi) is 4.32. The fourth-order valence-corrected chi connectivity index (χ4v) is 3.97. The average Bonchev–Trinajstić information content (AvgIpc) is 3.11. The molecule has 0 bridgehead atoms. The van der Waals surface area contributed by atoms with Crippen LogP contribution in [0.4, 0.5) is 0 Å². The monoisotopic (exact) mass is 411 g/mol. The summed E-state index contributed by atoms with van der Waals surface area (Å²) in [5.74, 6) is 0. The van der Waals surface area contributed by atoms with E-state index in [1.54, 1.807) is 12.3 Å². The van der Waals surface area contributed by atoms with Gasteiger partial charge in [-0.1, -0.05) is 42.0 Å². The Morgan fingerprint density at radius 3 is 2.61 bits per heavy atom. The molecule has 1 N–H and O–H groups in total. The molecule has 0 radical (unpaired) electrons. The topological polar surface area (TPSA) is 85.0 Å². The van der Waals surface area contributed by atoms with Gasteiger partial charge in [-0.15, -0.1) is 0 Å². The molecule has 0 aliphatic rings. The van der Waals surface area contributed by atoms with Crippen LogP contribution >= 0.6 is 0 Å². The quantitative estimate of drug-likeness (QED) is 0.491. The van der Waals surface area contributed by atoms with Crippen molar-refractivity contribution in [1.82, 2.24) is 24.4 Å². The number of rotatable bonds is 3. The van der Waals surface area contributed by atoms with Gasteiger partial charge in [-0.2, -0.15) is 5.10 Å². The molecule has 0 unspecified atom stereocenters. The third kappa shape index (κ3) is 3.06. The van der Waals surface area contributed by atoms with E-state index in [9.17, 15) is 9.59 Å². The number of benzene rings is 2. The van der Waals surface area contributed by atoms with Crippen LogP contribution in [0.5, 0.6) is 0 Å². The van der Waals surface area contributed by atoms with E-state index in [1.807, 2.05) is 57.2 Å². The number of aryl methyl sites for hydroxylation is 2. The van der Waals surface area contributed by atoms with E-state index in [4.69, 9.17) is 4.98 Å². The lowest BCUT2D eigenvalue weighted by molar-refractivity contribution is 0.524. The predicted octanol–water partition coefficient (Wildman–Crippen LogP) is 3.63. The van der Waals surface area contributed by atoms with Crippen molar-refractivity contribution in [3.63, 3.8) is 0 Å². The Hall–Kier alpha value is -4.00. The molecular formula is C24H21N5O2. The van der Waals surface area contributed by atoms with Gasteiger partial charge in [-0.3, -0.25) is 14.7 Å². The molecule has 3 aromatic heterocycles. The van der Waals surface area contributed by atoms with E-state index in [0.717, 1.165) is 27.8 Å². The third-order valence-electron chi connectivity index (χ3n) is 5.69. The molecular weight excluding hydrogens is 390 g/mol. The Labute approximate surface area is 177 Å². The van der Waals surface area contributed by atoms with Gasteiger partial charge in [0.05, 0.1) is 29.0 Å². The molecule has 0 amide bonds. The molecule has 1 atom stereocenters. The number of fused-ring (bicyclic) bond motifs is 2. The van der Waals surface area contributed by atoms with Crippen molar-refractivity contribution >= 4 is 16.4 Å². The fraction of sp³-hybridized carbons (Fsp3) is 0.167. The maximum absolute atomic E-state index is 13.0. The van der Waals surface area contributed by atoms with E-state index >= 15 is 0 Å². The van der Waals surface area contributed by atoms with E-state index in [2.05, 4.69) is 16.3 Å². The molecule has 5 aromatic rings. The van der Waals surface area contributed by atoms with Crippen LogP contribution < -0.4 is 11.1 Å². The lowest BCUT2D eigenvalue weighted by Gasteiger charge is -2.14. The lowest BCUT2D eigenvalue weighted by atomic mass is 10.1. The third-order valence-corrected chi connectivity index (χ3v) is 5.69. The zero-order valence-corrected chi connectivity index (χ0v) is 17.5.